The van der Waals surface area contributed by atoms with E-state index in [0.29, 0.717) is 33.3 Å². The third-order valence-electron chi connectivity index (χ3n) is 4.74. The summed E-state index contributed by atoms with van der Waals surface area (Å²) in [6, 6.07) is 16.1. The van der Waals surface area contributed by atoms with E-state index in [0.717, 1.165) is 11.3 Å². The van der Waals surface area contributed by atoms with E-state index in [1.807, 2.05) is 6.92 Å². The number of rotatable bonds is 7. The van der Waals surface area contributed by atoms with Gasteiger partial charge in [-0.2, -0.15) is 0 Å². The standard InChI is InChI=1S/C22H19ClN2O5S2/c1-3-25-19-10-9-17(13-21(19)31-22(25)26)32(27,28)24-18-12-14(23)4-11-20(18)30-16-7-5-15(29-2)6-8-16/h4-13,24H,3H2,1-2H3. The third kappa shape index (κ3) is 4.45. The van der Waals surface area contributed by atoms with Gasteiger partial charge in [0.05, 0.1) is 27.9 Å². The smallest absolute Gasteiger partial charge is 0.308 e. The molecule has 166 valence electrons. The Balaban J connectivity index is 1.67. The van der Waals surface area contributed by atoms with Crippen molar-refractivity contribution in [3.05, 3.63) is 75.4 Å². The van der Waals surface area contributed by atoms with Crippen LogP contribution >= 0.6 is 22.9 Å². The van der Waals surface area contributed by atoms with Crippen molar-refractivity contribution in [2.45, 2.75) is 18.4 Å². The highest BCUT2D eigenvalue weighted by Gasteiger charge is 2.19. The first-order valence-corrected chi connectivity index (χ1v) is 12.3. The number of anilines is 1. The van der Waals surface area contributed by atoms with Crippen molar-refractivity contribution >= 4 is 48.9 Å². The lowest BCUT2D eigenvalue weighted by atomic mass is 10.3. The Hall–Kier alpha value is -3.01. The van der Waals surface area contributed by atoms with Crippen molar-refractivity contribution in [3.8, 4) is 17.2 Å². The Kier molecular flexibility index (Phi) is 6.14. The van der Waals surface area contributed by atoms with Gasteiger partial charge in [0.1, 0.15) is 11.5 Å². The zero-order chi connectivity index (χ0) is 22.9. The Labute approximate surface area is 193 Å². The fourth-order valence-electron chi connectivity index (χ4n) is 3.16. The number of halogens is 1. The van der Waals surface area contributed by atoms with Gasteiger partial charge in [0.2, 0.25) is 0 Å². The van der Waals surface area contributed by atoms with Crippen LogP contribution < -0.4 is 19.1 Å². The van der Waals surface area contributed by atoms with Crippen LogP contribution in [0.15, 0.2) is 70.4 Å². The Morgan fingerprint density at radius 3 is 2.44 bits per heavy atom. The second kappa shape index (κ2) is 8.85. The highest BCUT2D eigenvalue weighted by atomic mass is 35.5. The topological polar surface area (TPSA) is 86.6 Å². The Bertz CT molecular complexity index is 1440. The summed E-state index contributed by atoms with van der Waals surface area (Å²) in [5.41, 5.74) is 0.889. The van der Waals surface area contributed by atoms with Crippen LogP contribution in [0.5, 0.6) is 17.2 Å². The molecule has 1 heterocycles. The molecule has 0 aliphatic rings. The molecule has 10 heteroatoms. The van der Waals surface area contributed by atoms with Crippen LogP contribution in [0.1, 0.15) is 6.92 Å². The minimum atomic E-state index is -3.97. The third-order valence-corrected chi connectivity index (χ3v) is 7.28. The van der Waals surface area contributed by atoms with Crippen LogP contribution in [-0.4, -0.2) is 20.1 Å². The molecule has 0 radical (unpaired) electrons. The molecule has 1 N–H and O–H groups in total. The summed E-state index contributed by atoms with van der Waals surface area (Å²) < 4.78 is 41.9. The van der Waals surface area contributed by atoms with E-state index >= 15 is 0 Å². The SMILES string of the molecule is CCn1c(=O)sc2cc(S(=O)(=O)Nc3cc(Cl)ccc3Oc3ccc(OC)cc3)ccc21. The molecule has 0 saturated carbocycles. The maximum absolute atomic E-state index is 13.1. The van der Waals surface area contributed by atoms with Crippen molar-refractivity contribution in [1.82, 2.24) is 4.57 Å². The number of ether oxygens (including phenoxy) is 2. The summed E-state index contributed by atoms with van der Waals surface area (Å²) in [7, 11) is -2.41. The number of thiazole rings is 1. The van der Waals surface area contributed by atoms with Crippen LogP contribution in [0.3, 0.4) is 0 Å². The van der Waals surface area contributed by atoms with E-state index in [4.69, 9.17) is 21.1 Å². The molecule has 1 aromatic heterocycles. The van der Waals surface area contributed by atoms with Crippen LogP contribution in [-0.2, 0) is 16.6 Å². The number of sulfonamides is 1. The van der Waals surface area contributed by atoms with Crippen LogP contribution in [0.4, 0.5) is 5.69 Å². The number of aryl methyl sites for hydroxylation is 1. The van der Waals surface area contributed by atoms with Gasteiger partial charge in [-0.05, 0) is 67.6 Å². The number of hydrogen-bond acceptors (Lipinski definition) is 6. The second-order valence-corrected chi connectivity index (χ2v) is 9.88. The van der Waals surface area contributed by atoms with E-state index < -0.39 is 10.0 Å². The van der Waals surface area contributed by atoms with Gasteiger partial charge in [-0.15, -0.1) is 0 Å². The molecule has 0 aliphatic carbocycles. The molecule has 0 amide bonds. The highest BCUT2D eigenvalue weighted by molar-refractivity contribution is 7.92. The fourth-order valence-corrected chi connectivity index (χ4v) is 5.49. The first-order valence-electron chi connectivity index (χ1n) is 9.58. The molecule has 7 nitrogen and oxygen atoms in total. The monoisotopic (exact) mass is 490 g/mol. The number of methoxy groups -OCH3 is 1. The van der Waals surface area contributed by atoms with Gasteiger partial charge >= 0.3 is 4.87 Å². The molecule has 0 atom stereocenters. The maximum Gasteiger partial charge on any atom is 0.308 e. The van der Waals surface area contributed by atoms with E-state index in [1.165, 1.54) is 18.2 Å². The van der Waals surface area contributed by atoms with Gasteiger partial charge in [0.15, 0.2) is 5.75 Å². The molecule has 0 saturated heterocycles. The Morgan fingerprint density at radius 2 is 1.75 bits per heavy atom. The minimum absolute atomic E-state index is 0.0323. The molecule has 0 aliphatic heterocycles. The number of nitrogens with zero attached hydrogens (tertiary/aromatic N) is 1. The summed E-state index contributed by atoms with van der Waals surface area (Å²) >= 11 is 7.12. The predicted octanol–water partition coefficient (Wildman–Crippen LogP) is 5.34. The van der Waals surface area contributed by atoms with Crippen molar-refractivity contribution < 1.29 is 17.9 Å². The molecular weight excluding hydrogens is 472 g/mol. The van der Waals surface area contributed by atoms with Crippen molar-refractivity contribution in [2.24, 2.45) is 0 Å². The average molecular weight is 491 g/mol. The molecule has 0 spiro atoms. The molecule has 32 heavy (non-hydrogen) atoms. The number of fused-ring (bicyclic) bond motifs is 1. The van der Waals surface area contributed by atoms with Crippen molar-refractivity contribution in [1.29, 1.82) is 0 Å². The zero-order valence-electron chi connectivity index (χ0n) is 17.2. The largest absolute Gasteiger partial charge is 0.497 e. The molecule has 0 fully saturated rings. The van der Waals surface area contributed by atoms with Gasteiger partial charge in [-0.25, -0.2) is 8.42 Å². The quantitative estimate of drug-likeness (QED) is 0.378. The van der Waals surface area contributed by atoms with E-state index in [1.54, 1.807) is 54.1 Å². The van der Waals surface area contributed by atoms with E-state index in [9.17, 15) is 13.2 Å². The summed E-state index contributed by atoms with van der Waals surface area (Å²) in [4.78, 5) is 12.0. The predicted molar refractivity (Wildman–Crippen MR) is 127 cm³/mol. The maximum atomic E-state index is 13.1. The van der Waals surface area contributed by atoms with Crippen LogP contribution in [0, 0.1) is 0 Å². The van der Waals surface area contributed by atoms with Gasteiger partial charge in [-0.3, -0.25) is 14.1 Å². The molecule has 0 bridgehead atoms. The van der Waals surface area contributed by atoms with Gasteiger partial charge in [0.25, 0.3) is 10.0 Å². The van der Waals surface area contributed by atoms with Gasteiger partial charge in [-0.1, -0.05) is 22.9 Å². The normalized spacial score (nSPS) is 11.5. The van der Waals surface area contributed by atoms with Crippen LogP contribution in [0.25, 0.3) is 10.2 Å². The summed E-state index contributed by atoms with van der Waals surface area (Å²) in [5, 5.41) is 0.346. The number of benzene rings is 3. The summed E-state index contributed by atoms with van der Waals surface area (Å²) in [6.07, 6.45) is 0. The zero-order valence-corrected chi connectivity index (χ0v) is 19.6. The highest BCUT2D eigenvalue weighted by Crippen LogP contribution is 2.34. The Morgan fingerprint density at radius 1 is 1.03 bits per heavy atom. The molecule has 0 unspecified atom stereocenters. The first-order chi connectivity index (χ1) is 15.3. The minimum Gasteiger partial charge on any atom is -0.497 e. The summed E-state index contributed by atoms with van der Waals surface area (Å²) in [5.74, 6) is 1.45. The van der Waals surface area contributed by atoms with Crippen molar-refractivity contribution in [3.63, 3.8) is 0 Å². The van der Waals surface area contributed by atoms with Gasteiger partial charge < -0.3 is 9.47 Å². The second-order valence-electron chi connectivity index (χ2n) is 6.77. The lowest BCUT2D eigenvalue weighted by Gasteiger charge is -2.14. The average Bonchev–Trinajstić information content (AvgIpc) is 3.10. The van der Waals surface area contributed by atoms with Crippen molar-refractivity contribution in [2.75, 3.05) is 11.8 Å². The summed E-state index contributed by atoms with van der Waals surface area (Å²) in [6.45, 7) is 2.38. The molecular formula is C22H19ClN2O5S2. The number of nitrogens with one attached hydrogen (secondary N) is 1. The van der Waals surface area contributed by atoms with Crippen LogP contribution in [0.2, 0.25) is 5.02 Å². The van der Waals surface area contributed by atoms with E-state index in [-0.39, 0.29) is 21.2 Å². The number of hydrogen-bond donors (Lipinski definition) is 1. The first kappa shape index (κ1) is 22.2. The lowest BCUT2D eigenvalue weighted by Crippen LogP contribution is -2.14. The number of aromatic nitrogens is 1. The molecule has 3 aromatic carbocycles. The molecule has 4 aromatic rings. The molecule has 4 rings (SSSR count). The van der Waals surface area contributed by atoms with Gasteiger partial charge in [0, 0.05) is 11.6 Å². The fraction of sp³-hybridized carbons (Fsp3) is 0.136. The van der Waals surface area contributed by atoms with E-state index in [2.05, 4.69) is 4.72 Å². The lowest BCUT2D eigenvalue weighted by molar-refractivity contribution is 0.413.